The molecule has 1 aromatic heterocycles. The number of fused-ring (bicyclic) bond motifs is 3. The van der Waals surface area contributed by atoms with E-state index in [1.54, 1.807) is 18.3 Å². The van der Waals surface area contributed by atoms with Crippen molar-refractivity contribution in [2.45, 2.75) is 19.8 Å². The minimum Gasteiger partial charge on any atom is -0.323 e. The Morgan fingerprint density at radius 3 is 2.44 bits per heavy atom. The standard InChI is InChI=1S/C28H24N4O2.2ClH/c1-17(2)25-23(8-5-15-29-25)28(34)31-20-12-9-19(10-13-20)26-22-14-11-18-6-3-4-7-21(18)27(22)32-24(33)16-30-26;;/h3-15,17H,16H2,1-2H3,(H,31,34)(H,32,33);2*1H. The van der Waals surface area contributed by atoms with Crippen LogP contribution >= 0.6 is 24.8 Å². The minimum atomic E-state index is -0.192. The summed E-state index contributed by atoms with van der Waals surface area (Å²) >= 11 is 0. The summed E-state index contributed by atoms with van der Waals surface area (Å²) in [7, 11) is 0. The van der Waals surface area contributed by atoms with Crippen molar-refractivity contribution in [3.8, 4) is 0 Å². The summed E-state index contributed by atoms with van der Waals surface area (Å²) in [6.07, 6.45) is 1.70. The summed E-state index contributed by atoms with van der Waals surface area (Å²) in [6, 6.07) is 23.1. The molecule has 0 spiro atoms. The van der Waals surface area contributed by atoms with E-state index >= 15 is 0 Å². The van der Waals surface area contributed by atoms with Gasteiger partial charge < -0.3 is 10.6 Å². The van der Waals surface area contributed by atoms with E-state index in [4.69, 9.17) is 0 Å². The number of nitrogens with zero attached hydrogens (tertiary/aromatic N) is 2. The summed E-state index contributed by atoms with van der Waals surface area (Å²) in [6.45, 7) is 4.08. The van der Waals surface area contributed by atoms with Gasteiger partial charge in [-0.15, -0.1) is 24.8 Å². The Hall–Kier alpha value is -3.74. The zero-order valence-corrected chi connectivity index (χ0v) is 21.5. The lowest BCUT2D eigenvalue weighted by Gasteiger charge is -2.14. The normalized spacial score (nSPS) is 12.4. The van der Waals surface area contributed by atoms with Crippen LogP contribution in [0.25, 0.3) is 10.8 Å². The van der Waals surface area contributed by atoms with Crippen LogP contribution in [0, 0.1) is 0 Å². The van der Waals surface area contributed by atoms with Crippen LogP contribution in [-0.2, 0) is 4.79 Å². The van der Waals surface area contributed by atoms with Gasteiger partial charge >= 0.3 is 0 Å². The molecule has 5 rings (SSSR count). The van der Waals surface area contributed by atoms with Gasteiger partial charge in [0.25, 0.3) is 5.91 Å². The fourth-order valence-corrected chi connectivity index (χ4v) is 4.24. The van der Waals surface area contributed by atoms with Gasteiger partial charge in [0, 0.05) is 28.4 Å². The number of carbonyl (C=O) groups excluding carboxylic acids is 2. The average Bonchev–Trinajstić information content (AvgIpc) is 3.03. The van der Waals surface area contributed by atoms with E-state index in [0.717, 1.165) is 39.0 Å². The highest BCUT2D eigenvalue weighted by Crippen LogP contribution is 2.31. The van der Waals surface area contributed by atoms with Crippen molar-refractivity contribution in [3.05, 3.63) is 101 Å². The van der Waals surface area contributed by atoms with Crippen molar-refractivity contribution < 1.29 is 9.59 Å². The SMILES string of the molecule is CC(C)c1ncccc1C(=O)Nc1ccc(C2=NCC(=O)Nc3c2ccc2ccccc32)cc1.Cl.Cl. The van der Waals surface area contributed by atoms with Gasteiger partial charge in [-0.2, -0.15) is 0 Å². The number of rotatable bonds is 4. The fourth-order valence-electron chi connectivity index (χ4n) is 4.24. The zero-order chi connectivity index (χ0) is 23.7. The van der Waals surface area contributed by atoms with Crippen molar-refractivity contribution in [1.29, 1.82) is 0 Å². The number of hydrogen-bond donors (Lipinski definition) is 2. The van der Waals surface area contributed by atoms with Gasteiger partial charge in [0.2, 0.25) is 5.91 Å². The molecule has 1 aliphatic heterocycles. The van der Waals surface area contributed by atoms with E-state index in [2.05, 4.69) is 20.6 Å². The van der Waals surface area contributed by atoms with Crippen LogP contribution in [0.5, 0.6) is 0 Å². The topological polar surface area (TPSA) is 83.5 Å². The molecule has 0 atom stereocenters. The Bertz CT molecular complexity index is 1450. The smallest absolute Gasteiger partial charge is 0.257 e. The number of carbonyl (C=O) groups is 2. The maximum absolute atomic E-state index is 12.9. The molecule has 0 unspecified atom stereocenters. The summed E-state index contributed by atoms with van der Waals surface area (Å²) in [5, 5.41) is 8.01. The monoisotopic (exact) mass is 520 g/mol. The van der Waals surface area contributed by atoms with Crippen LogP contribution in [0.3, 0.4) is 0 Å². The molecule has 0 saturated carbocycles. The van der Waals surface area contributed by atoms with E-state index in [9.17, 15) is 9.59 Å². The van der Waals surface area contributed by atoms with Crippen molar-refractivity contribution in [1.82, 2.24) is 4.98 Å². The molecule has 184 valence electrons. The predicted octanol–water partition coefficient (Wildman–Crippen LogP) is 6.24. The fraction of sp³-hybridized carbons (Fsp3) is 0.143. The molecule has 0 bridgehead atoms. The van der Waals surface area contributed by atoms with E-state index in [-0.39, 0.29) is 49.1 Å². The third kappa shape index (κ3) is 5.25. The highest BCUT2D eigenvalue weighted by molar-refractivity contribution is 6.23. The molecule has 8 heteroatoms. The van der Waals surface area contributed by atoms with Gasteiger partial charge in [-0.05, 0) is 35.6 Å². The predicted molar refractivity (Wildman–Crippen MR) is 150 cm³/mol. The molecule has 3 aromatic carbocycles. The van der Waals surface area contributed by atoms with Crippen LogP contribution in [0.2, 0.25) is 0 Å². The van der Waals surface area contributed by atoms with Crippen molar-refractivity contribution in [3.63, 3.8) is 0 Å². The van der Waals surface area contributed by atoms with E-state index in [1.165, 1.54) is 0 Å². The molecule has 2 N–H and O–H groups in total. The van der Waals surface area contributed by atoms with E-state index in [1.807, 2.05) is 74.5 Å². The Kier molecular flexibility index (Phi) is 8.45. The molecule has 1 aliphatic rings. The van der Waals surface area contributed by atoms with Crippen LogP contribution < -0.4 is 10.6 Å². The Morgan fingerprint density at radius 1 is 0.944 bits per heavy atom. The summed E-state index contributed by atoms with van der Waals surface area (Å²) < 4.78 is 0. The summed E-state index contributed by atoms with van der Waals surface area (Å²) in [5.74, 6) is -0.193. The molecule has 0 aliphatic carbocycles. The Balaban J connectivity index is 0.00000180. The Morgan fingerprint density at radius 2 is 1.69 bits per heavy atom. The zero-order valence-electron chi connectivity index (χ0n) is 19.8. The Labute approximate surface area is 222 Å². The molecule has 0 fully saturated rings. The number of hydrogen-bond acceptors (Lipinski definition) is 4. The van der Waals surface area contributed by atoms with Gasteiger partial charge in [0.05, 0.1) is 22.7 Å². The molecule has 0 radical (unpaired) electrons. The number of pyridine rings is 1. The number of benzene rings is 3. The maximum Gasteiger partial charge on any atom is 0.257 e. The molecule has 36 heavy (non-hydrogen) atoms. The van der Waals surface area contributed by atoms with Crippen LogP contribution in [0.4, 0.5) is 11.4 Å². The first-order valence-electron chi connectivity index (χ1n) is 11.2. The summed E-state index contributed by atoms with van der Waals surface area (Å²) in [4.78, 5) is 34.2. The van der Waals surface area contributed by atoms with Gasteiger partial charge in [-0.1, -0.05) is 62.4 Å². The minimum absolute atomic E-state index is 0. The lowest BCUT2D eigenvalue weighted by atomic mass is 9.96. The second-order valence-electron chi connectivity index (χ2n) is 8.54. The number of aliphatic imine (C=N–C) groups is 1. The third-order valence-corrected chi connectivity index (χ3v) is 5.88. The van der Waals surface area contributed by atoms with Crippen LogP contribution in [-0.4, -0.2) is 29.1 Å². The molecule has 0 saturated heterocycles. The number of aromatic nitrogens is 1. The molecule has 2 heterocycles. The van der Waals surface area contributed by atoms with Gasteiger partial charge in [0.15, 0.2) is 0 Å². The first-order valence-corrected chi connectivity index (χ1v) is 11.2. The molecule has 6 nitrogen and oxygen atoms in total. The van der Waals surface area contributed by atoms with Crippen molar-refractivity contribution >= 4 is 64.5 Å². The first-order chi connectivity index (χ1) is 16.5. The highest BCUT2D eigenvalue weighted by Gasteiger charge is 2.20. The van der Waals surface area contributed by atoms with Crippen molar-refractivity contribution in [2.24, 2.45) is 4.99 Å². The molecular formula is C28H26Cl2N4O2. The number of anilines is 2. The lowest BCUT2D eigenvalue weighted by molar-refractivity contribution is -0.114. The van der Waals surface area contributed by atoms with Crippen LogP contribution in [0.15, 0.2) is 84.0 Å². The van der Waals surface area contributed by atoms with E-state index in [0.29, 0.717) is 11.3 Å². The average molecular weight is 521 g/mol. The van der Waals surface area contributed by atoms with Crippen LogP contribution in [0.1, 0.15) is 46.9 Å². The first kappa shape index (κ1) is 26.9. The largest absolute Gasteiger partial charge is 0.323 e. The third-order valence-electron chi connectivity index (χ3n) is 5.88. The maximum atomic E-state index is 12.9. The molecule has 4 aromatic rings. The van der Waals surface area contributed by atoms with Crippen molar-refractivity contribution in [2.75, 3.05) is 17.2 Å². The number of halogens is 2. The molecular weight excluding hydrogens is 495 g/mol. The lowest BCUT2D eigenvalue weighted by Crippen LogP contribution is -2.16. The van der Waals surface area contributed by atoms with Gasteiger partial charge in [-0.25, -0.2) is 0 Å². The van der Waals surface area contributed by atoms with E-state index < -0.39 is 0 Å². The quantitative estimate of drug-likeness (QED) is 0.333. The number of nitrogens with one attached hydrogen (secondary N) is 2. The summed E-state index contributed by atoms with van der Waals surface area (Å²) in [5.41, 5.74) is 5.27. The number of amides is 2. The molecule has 2 amide bonds. The second kappa shape index (κ2) is 11.3. The van der Waals surface area contributed by atoms with Gasteiger partial charge in [-0.3, -0.25) is 19.6 Å². The second-order valence-corrected chi connectivity index (χ2v) is 8.54. The highest BCUT2D eigenvalue weighted by atomic mass is 35.5. The van der Waals surface area contributed by atoms with Gasteiger partial charge in [0.1, 0.15) is 6.54 Å².